The third-order valence-electron chi connectivity index (χ3n) is 6.14. The van der Waals surface area contributed by atoms with Gasteiger partial charge < -0.3 is 15.0 Å². The molecule has 1 saturated heterocycles. The zero-order valence-electron chi connectivity index (χ0n) is 18.2. The minimum Gasteiger partial charge on any atom is -0.379 e. The molecule has 5 rings (SSSR count). The van der Waals surface area contributed by atoms with E-state index < -0.39 is 0 Å². The zero-order chi connectivity index (χ0) is 22.2. The van der Waals surface area contributed by atoms with Crippen molar-refractivity contribution in [2.75, 3.05) is 25.1 Å². The van der Waals surface area contributed by atoms with Crippen LogP contribution in [0.15, 0.2) is 36.7 Å². The Balaban J connectivity index is 1.50. The van der Waals surface area contributed by atoms with Crippen LogP contribution in [-0.2, 0) is 29.5 Å². The van der Waals surface area contributed by atoms with Gasteiger partial charge in [-0.25, -0.2) is 0 Å². The van der Waals surface area contributed by atoms with Crippen molar-refractivity contribution in [1.29, 1.82) is 0 Å². The summed E-state index contributed by atoms with van der Waals surface area (Å²) in [5.41, 5.74) is 5.10. The van der Waals surface area contributed by atoms with Crippen molar-refractivity contribution < 1.29 is 14.3 Å². The molecule has 2 aliphatic heterocycles. The minimum atomic E-state index is -0.206. The molecule has 166 valence electrons. The van der Waals surface area contributed by atoms with E-state index >= 15 is 0 Å². The quantitative estimate of drug-likeness (QED) is 0.681. The fourth-order valence-corrected chi connectivity index (χ4v) is 4.46. The fourth-order valence-electron chi connectivity index (χ4n) is 4.46. The number of aryl methyl sites for hydroxylation is 1. The SMILES string of the molecule is CC(=O)N1CCc2c(c(-c3cccc(C(=O)Nc4cnn(C)c4)c3)nn2C2CCOC2)C1. The van der Waals surface area contributed by atoms with Gasteiger partial charge in [0.15, 0.2) is 0 Å². The van der Waals surface area contributed by atoms with Crippen LogP contribution in [0.3, 0.4) is 0 Å². The molecule has 1 unspecified atom stereocenters. The predicted molar refractivity (Wildman–Crippen MR) is 118 cm³/mol. The molecule has 2 aromatic heterocycles. The number of aromatic nitrogens is 4. The van der Waals surface area contributed by atoms with Crippen molar-refractivity contribution in [3.63, 3.8) is 0 Å². The van der Waals surface area contributed by atoms with E-state index in [0.29, 0.717) is 30.9 Å². The second-order valence-corrected chi connectivity index (χ2v) is 8.36. The van der Waals surface area contributed by atoms with Crippen molar-refractivity contribution in [3.8, 4) is 11.3 Å². The lowest BCUT2D eigenvalue weighted by Crippen LogP contribution is -2.35. The molecule has 32 heavy (non-hydrogen) atoms. The third-order valence-corrected chi connectivity index (χ3v) is 6.14. The topological polar surface area (TPSA) is 94.3 Å². The summed E-state index contributed by atoms with van der Waals surface area (Å²) in [6.45, 7) is 4.20. The van der Waals surface area contributed by atoms with Crippen molar-refractivity contribution in [1.82, 2.24) is 24.5 Å². The van der Waals surface area contributed by atoms with E-state index in [2.05, 4.69) is 15.1 Å². The Morgan fingerprint density at radius 1 is 1.28 bits per heavy atom. The van der Waals surface area contributed by atoms with Gasteiger partial charge in [-0.1, -0.05) is 12.1 Å². The summed E-state index contributed by atoms with van der Waals surface area (Å²) in [6, 6.07) is 7.68. The third kappa shape index (κ3) is 3.80. The number of ether oxygens (including phenoxy) is 1. The van der Waals surface area contributed by atoms with Crippen LogP contribution in [0.25, 0.3) is 11.3 Å². The lowest BCUT2D eigenvalue weighted by molar-refractivity contribution is -0.129. The zero-order valence-corrected chi connectivity index (χ0v) is 18.2. The van der Waals surface area contributed by atoms with Crippen LogP contribution in [0.5, 0.6) is 0 Å². The molecule has 0 spiro atoms. The summed E-state index contributed by atoms with van der Waals surface area (Å²) in [4.78, 5) is 26.7. The standard InChI is InChI=1S/C23H26N6O3/c1-15(30)28-8-6-21-20(13-28)22(26-29(21)19-7-9-32-14-19)16-4-3-5-17(10-16)23(31)25-18-11-24-27(2)12-18/h3-5,10-12,19H,6-9,13-14H2,1-2H3,(H,25,31). The van der Waals surface area contributed by atoms with E-state index in [1.54, 1.807) is 37.1 Å². The molecule has 0 saturated carbocycles. The number of rotatable bonds is 4. The Morgan fingerprint density at radius 3 is 2.88 bits per heavy atom. The van der Waals surface area contributed by atoms with Gasteiger partial charge in [0.1, 0.15) is 0 Å². The van der Waals surface area contributed by atoms with Crippen LogP contribution in [-0.4, -0.2) is 56.0 Å². The Kier molecular flexibility index (Phi) is 5.26. The molecule has 3 aromatic rings. The van der Waals surface area contributed by atoms with Crippen LogP contribution < -0.4 is 5.32 Å². The average molecular weight is 435 g/mol. The average Bonchev–Trinajstić information content (AvgIpc) is 3.53. The molecule has 0 bridgehead atoms. The molecule has 2 amide bonds. The highest BCUT2D eigenvalue weighted by Gasteiger charge is 2.30. The molecule has 0 aliphatic carbocycles. The highest BCUT2D eigenvalue weighted by molar-refractivity contribution is 6.04. The first-order valence-corrected chi connectivity index (χ1v) is 10.8. The maximum Gasteiger partial charge on any atom is 0.255 e. The monoisotopic (exact) mass is 434 g/mol. The fraction of sp³-hybridized carbons (Fsp3) is 0.391. The van der Waals surface area contributed by atoms with Crippen molar-refractivity contribution in [3.05, 3.63) is 53.5 Å². The number of amides is 2. The highest BCUT2D eigenvalue weighted by atomic mass is 16.5. The van der Waals surface area contributed by atoms with Crippen molar-refractivity contribution in [2.45, 2.75) is 32.4 Å². The molecule has 1 fully saturated rings. The largest absolute Gasteiger partial charge is 0.379 e. The molecule has 1 atom stereocenters. The summed E-state index contributed by atoms with van der Waals surface area (Å²) >= 11 is 0. The van der Waals surface area contributed by atoms with E-state index in [-0.39, 0.29) is 17.9 Å². The lowest BCUT2D eigenvalue weighted by Gasteiger charge is -2.27. The Hall–Kier alpha value is -3.46. The van der Waals surface area contributed by atoms with Crippen LogP contribution in [0.4, 0.5) is 5.69 Å². The number of nitrogens with zero attached hydrogens (tertiary/aromatic N) is 5. The lowest BCUT2D eigenvalue weighted by atomic mass is 9.99. The van der Waals surface area contributed by atoms with Gasteiger partial charge >= 0.3 is 0 Å². The highest BCUT2D eigenvalue weighted by Crippen LogP contribution is 2.34. The number of carbonyl (C=O) groups is 2. The summed E-state index contributed by atoms with van der Waals surface area (Å²) in [5.74, 6) is -0.147. The van der Waals surface area contributed by atoms with Gasteiger partial charge in [0, 0.05) is 68.7 Å². The van der Waals surface area contributed by atoms with Crippen LogP contribution in [0.2, 0.25) is 0 Å². The van der Waals surface area contributed by atoms with Gasteiger partial charge in [0.05, 0.1) is 30.2 Å². The van der Waals surface area contributed by atoms with Crippen LogP contribution in [0, 0.1) is 0 Å². The first-order chi connectivity index (χ1) is 15.5. The predicted octanol–water partition coefficient (Wildman–Crippen LogP) is 2.40. The van der Waals surface area contributed by atoms with Gasteiger partial charge in [-0.3, -0.25) is 19.0 Å². The molecular weight excluding hydrogens is 408 g/mol. The first-order valence-electron chi connectivity index (χ1n) is 10.8. The molecule has 4 heterocycles. The second-order valence-electron chi connectivity index (χ2n) is 8.36. The molecule has 0 radical (unpaired) electrons. The van der Waals surface area contributed by atoms with E-state index in [1.807, 2.05) is 23.1 Å². The number of hydrogen-bond acceptors (Lipinski definition) is 5. The Bertz CT molecular complexity index is 1170. The van der Waals surface area contributed by atoms with Gasteiger partial charge in [-0.15, -0.1) is 0 Å². The number of benzene rings is 1. The summed E-state index contributed by atoms with van der Waals surface area (Å²) < 4.78 is 9.33. The summed E-state index contributed by atoms with van der Waals surface area (Å²) in [6.07, 6.45) is 5.05. The van der Waals surface area contributed by atoms with Crippen LogP contribution in [0.1, 0.15) is 41.0 Å². The van der Waals surface area contributed by atoms with E-state index in [1.165, 1.54) is 5.69 Å². The van der Waals surface area contributed by atoms with Gasteiger partial charge in [0.25, 0.3) is 5.91 Å². The second kappa shape index (κ2) is 8.23. The maximum absolute atomic E-state index is 12.8. The number of anilines is 1. The van der Waals surface area contributed by atoms with E-state index in [0.717, 1.165) is 36.3 Å². The normalized spacial score (nSPS) is 17.9. The molecule has 2 aliphatic rings. The summed E-state index contributed by atoms with van der Waals surface area (Å²) in [7, 11) is 1.80. The van der Waals surface area contributed by atoms with Crippen molar-refractivity contribution in [2.24, 2.45) is 7.05 Å². The smallest absolute Gasteiger partial charge is 0.255 e. The van der Waals surface area contributed by atoms with E-state index in [4.69, 9.17) is 9.84 Å². The number of hydrogen-bond donors (Lipinski definition) is 1. The first kappa shape index (κ1) is 20.4. The molecule has 9 heteroatoms. The molecular formula is C23H26N6O3. The van der Waals surface area contributed by atoms with Gasteiger partial charge in [-0.2, -0.15) is 10.2 Å². The van der Waals surface area contributed by atoms with E-state index in [9.17, 15) is 9.59 Å². The maximum atomic E-state index is 12.8. The minimum absolute atomic E-state index is 0.0585. The number of fused-ring (bicyclic) bond motifs is 1. The molecule has 1 aromatic carbocycles. The Labute approximate surface area is 186 Å². The Morgan fingerprint density at radius 2 is 2.16 bits per heavy atom. The number of carbonyl (C=O) groups excluding carboxylic acids is 2. The summed E-state index contributed by atoms with van der Waals surface area (Å²) in [5, 5.41) is 11.9. The van der Waals surface area contributed by atoms with Crippen molar-refractivity contribution >= 4 is 17.5 Å². The van der Waals surface area contributed by atoms with Gasteiger partial charge in [0.2, 0.25) is 5.91 Å². The van der Waals surface area contributed by atoms with Gasteiger partial charge in [-0.05, 0) is 18.6 Å². The molecule has 9 nitrogen and oxygen atoms in total. The molecule has 1 N–H and O–H groups in total. The van der Waals surface area contributed by atoms with Crippen LogP contribution >= 0.6 is 0 Å². The number of nitrogens with one attached hydrogen (secondary N) is 1.